The average molecular weight is 705 g/mol. The fraction of sp³-hybridized carbons (Fsp3) is 0. The van der Waals surface area contributed by atoms with E-state index in [1.54, 1.807) is 72.8 Å². The SMILES string of the molecule is O=C(Oc1ccc(N=Nc2ccc3ccccc3c2-c2c(N=Nc3ccc(OC(=O)c4ccncc4)cc3)ccc3ccccc23)cc1)c1ccncc1. The van der Waals surface area contributed by atoms with Crippen molar-refractivity contribution < 1.29 is 19.1 Å². The molecule has 2 aromatic heterocycles. The van der Waals surface area contributed by atoms with Crippen LogP contribution in [-0.2, 0) is 0 Å². The lowest BCUT2D eigenvalue weighted by Crippen LogP contribution is -2.08. The monoisotopic (exact) mass is 704 g/mol. The molecule has 0 saturated heterocycles. The molecule has 10 heteroatoms. The van der Waals surface area contributed by atoms with Gasteiger partial charge in [-0.3, -0.25) is 9.97 Å². The van der Waals surface area contributed by atoms with Gasteiger partial charge >= 0.3 is 11.9 Å². The van der Waals surface area contributed by atoms with Crippen molar-refractivity contribution in [2.24, 2.45) is 20.5 Å². The molecular weight excluding hydrogens is 677 g/mol. The summed E-state index contributed by atoms with van der Waals surface area (Å²) < 4.78 is 11.0. The number of fused-ring (bicyclic) bond motifs is 2. The van der Waals surface area contributed by atoms with E-state index in [0.717, 1.165) is 32.7 Å². The lowest BCUT2D eigenvalue weighted by molar-refractivity contribution is 0.0725. The average Bonchev–Trinajstić information content (AvgIpc) is 3.23. The van der Waals surface area contributed by atoms with Gasteiger partial charge in [-0.05, 0) is 106 Å². The smallest absolute Gasteiger partial charge is 0.343 e. The lowest BCUT2D eigenvalue weighted by Gasteiger charge is -2.15. The van der Waals surface area contributed by atoms with E-state index >= 15 is 0 Å². The van der Waals surface area contributed by atoms with Crippen LogP contribution in [0.4, 0.5) is 22.7 Å². The number of hydrogen-bond acceptors (Lipinski definition) is 10. The number of aromatic nitrogens is 2. The summed E-state index contributed by atoms with van der Waals surface area (Å²) in [4.78, 5) is 32.9. The Kier molecular flexibility index (Phi) is 9.44. The van der Waals surface area contributed by atoms with Crippen LogP contribution in [0.1, 0.15) is 20.7 Å². The van der Waals surface area contributed by atoms with Crippen LogP contribution in [-0.4, -0.2) is 21.9 Å². The van der Waals surface area contributed by atoms with Crippen molar-refractivity contribution in [3.05, 3.63) is 182 Å². The Labute approximate surface area is 309 Å². The molecule has 0 unspecified atom stereocenters. The maximum Gasteiger partial charge on any atom is 0.343 e. The quantitative estimate of drug-likeness (QED) is 0.0835. The molecule has 8 aromatic rings. The van der Waals surface area contributed by atoms with Crippen LogP contribution in [0.3, 0.4) is 0 Å². The third kappa shape index (κ3) is 7.34. The van der Waals surface area contributed by atoms with Gasteiger partial charge in [0.2, 0.25) is 0 Å². The second kappa shape index (κ2) is 15.3. The minimum Gasteiger partial charge on any atom is -0.423 e. The molecule has 0 N–H and O–H groups in total. The molecule has 0 saturated carbocycles. The van der Waals surface area contributed by atoms with Crippen molar-refractivity contribution >= 4 is 56.2 Å². The minimum atomic E-state index is -0.477. The Morgan fingerprint density at radius 2 is 0.796 bits per heavy atom. The zero-order valence-electron chi connectivity index (χ0n) is 28.5. The van der Waals surface area contributed by atoms with Crippen LogP contribution in [0.15, 0.2) is 191 Å². The van der Waals surface area contributed by atoms with Crippen LogP contribution in [0, 0.1) is 0 Å². The summed E-state index contributed by atoms with van der Waals surface area (Å²) in [6.07, 6.45) is 6.16. The molecule has 8 rings (SSSR count). The summed E-state index contributed by atoms with van der Waals surface area (Å²) in [7, 11) is 0. The maximum absolute atomic E-state index is 12.5. The van der Waals surface area contributed by atoms with E-state index in [1.807, 2.05) is 48.5 Å². The van der Waals surface area contributed by atoms with Gasteiger partial charge in [-0.15, -0.1) is 10.2 Å². The topological polar surface area (TPSA) is 128 Å². The summed E-state index contributed by atoms with van der Waals surface area (Å²) in [6, 6.07) is 44.2. The largest absolute Gasteiger partial charge is 0.423 e. The molecule has 0 atom stereocenters. The minimum absolute atomic E-state index is 0.383. The van der Waals surface area contributed by atoms with Gasteiger partial charge in [-0.1, -0.05) is 60.7 Å². The van der Waals surface area contributed by atoms with E-state index in [-0.39, 0.29) is 0 Å². The fourth-order valence-corrected chi connectivity index (χ4v) is 5.91. The summed E-state index contributed by atoms with van der Waals surface area (Å²) in [6.45, 7) is 0. The number of benzene rings is 6. The first-order valence-electron chi connectivity index (χ1n) is 16.9. The van der Waals surface area contributed by atoms with Gasteiger partial charge in [0.25, 0.3) is 0 Å². The van der Waals surface area contributed by atoms with Crippen LogP contribution >= 0.6 is 0 Å². The Morgan fingerprint density at radius 3 is 1.20 bits per heavy atom. The van der Waals surface area contributed by atoms with E-state index in [1.165, 1.54) is 24.8 Å². The number of esters is 2. The van der Waals surface area contributed by atoms with E-state index < -0.39 is 11.9 Å². The number of hydrogen-bond donors (Lipinski definition) is 0. The molecule has 0 bridgehead atoms. The maximum atomic E-state index is 12.5. The molecule has 6 aromatic carbocycles. The van der Waals surface area contributed by atoms with Crippen LogP contribution in [0.2, 0.25) is 0 Å². The second-order valence-corrected chi connectivity index (χ2v) is 12.0. The molecule has 10 nitrogen and oxygen atoms in total. The summed E-state index contributed by atoms with van der Waals surface area (Å²) >= 11 is 0. The van der Waals surface area contributed by atoms with Crippen molar-refractivity contribution in [3.8, 4) is 22.6 Å². The summed E-state index contributed by atoms with van der Waals surface area (Å²) in [5, 5.41) is 22.7. The van der Waals surface area contributed by atoms with Crippen LogP contribution in [0.5, 0.6) is 11.5 Å². The first kappa shape index (κ1) is 33.4. The standard InChI is InChI=1S/C44H28N6O4/c51-43(31-21-25-45-26-22-31)53-35-15-11-33(12-16-35)47-49-39-19-9-29-5-1-3-7-37(29)41(39)42-38-8-4-2-6-30(38)10-20-40(42)50-48-34-13-17-36(18-14-34)54-44(52)32-23-27-46-28-24-32/h1-28H. The first-order chi connectivity index (χ1) is 26.6. The summed E-state index contributed by atoms with van der Waals surface area (Å²) in [5.41, 5.74) is 4.93. The third-order valence-electron chi connectivity index (χ3n) is 8.54. The van der Waals surface area contributed by atoms with Gasteiger partial charge in [0.1, 0.15) is 11.5 Å². The Morgan fingerprint density at radius 1 is 0.407 bits per heavy atom. The second-order valence-electron chi connectivity index (χ2n) is 12.0. The number of azo groups is 2. The number of rotatable bonds is 9. The Balaban J connectivity index is 1.13. The first-order valence-corrected chi connectivity index (χ1v) is 16.9. The van der Waals surface area contributed by atoms with Gasteiger partial charge in [-0.2, -0.15) is 10.2 Å². The molecule has 0 aliphatic carbocycles. The van der Waals surface area contributed by atoms with Crippen molar-refractivity contribution in [1.29, 1.82) is 0 Å². The normalized spacial score (nSPS) is 11.3. The predicted octanol–water partition coefficient (Wildman–Crippen LogP) is 11.7. The molecule has 54 heavy (non-hydrogen) atoms. The van der Waals surface area contributed by atoms with Gasteiger partial charge in [0, 0.05) is 35.9 Å². The number of carbonyl (C=O) groups excluding carboxylic acids is 2. The molecule has 0 spiro atoms. The van der Waals surface area contributed by atoms with E-state index in [0.29, 0.717) is 45.4 Å². The van der Waals surface area contributed by atoms with E-state index in [4.69, 9.17) is 19.7 Å². The van der Waals surface area contributed by atoms with Gasteiger partial charge in [0.15, 0.2) is 0 Å². The van der Waals surface area contributed by atoms with Crippen LogP contribution in [0.25, 0.3) is 32.7 Å². The highest BCUT2D eigenvalue weighted by Gasteiger charge is 2.18. The molecule has 0 aliphatic rings. The zero-order chi connectivity index (χ0) is 36.7. The lowest BCUT2D eigenvalue weighted by atomic mass is 9.91. The molecule has 0 aliphatic heterocycles. The highest BCUT2D eigenvalue weighted by atomic mass is 16.5. The van der Waals surface area contributed by atoms with Crippen molar-refractivity contribution in [3.63, 3.8) is 0 Å². The molecule has 2 heterocycles. The van der Waals surface area contributed by atoms with Crippen molar-refractivity contribution in [2.75, 3.05) is 0 Å². The van der Waals surface area contributed by atoms with Gasteiger partial charge < -0.3 is 9.47 Å². The number of nitrogens with zero attached hydrogens (tertiary/aromatic N) is 6. The van der Waals surface area contributed by atoms with Gasteiger partial charge in [0.05, 0.1) is 33.9 Å². The summed E-state index contributed by atoms with van der Waals surface area (Å²) in [5.74, 6) is -0.188. The Bertz CT molecular complexity index is 2490. The number of carbonyl (C=O) groups is 2. The highest BCUT2D eigenvalue weighted by Crippen LogP contribution is 2.46. The molecular formula is C44H28N6O4. The highest BCUT2D eigenvalue weighted by molar-refractivity contribution is 6.12. The predicted molar refractivity (Wildman–Crippen MR) is 207 cm³/mol. The Hall–Kier alpha value is -7.72. The van der Waals surface area contributed by atoms with Crippen molar-refractivity contribution in [2.45, 2.75) is 0 Å². The molecule has 0 fully saturated rings. The van der Waals surface area contributed by atoms with Crippen LogP contribution < -0.4 is 9.47 Å². The van der Waals surface area contributed by atoms with Crippen molar-refractivity contribution in [1.82, 2.24) is 9.97 Å². The third-order valence-corrected chi connectivity index (χ3v) is 8.54. The number of ether oxygens (including phenoxy) is 2. The van der Waals surface area contributed by atoms with E-state index in [9.17, 15) is 9.59 Å². The molecule has 0 amide bonds. The fourth-order valence-electron chi connectivity index (χ4n) is 5.91. The zero-order valence-corrected chi connectivity index (χ0v) is 28.5. The molecule has 258 valence electrons. The van der Waals surface area contributed by atoms with E-state index in [2.05, 4.69) is 44.5 Å². The molecule has 0 radical (unpaired) electrons. The number of pyridine rings is 2. The van der Waals surface area contributed by atoms with Gasteiger partial charge in [-0.25, -0.2) is 9.59 Å².